The summed E-state index contributed by atoms with van der Waals surface area (Å²) in [5.74, 6) is 1.51. The van der Waals surface area contributed by atoms with Crippen LogP contribution in [0.4, 0.5) is 0 Å². The lowest BCUT2D eigenvalue weighted by Gasteiger charge is -2.46. The standard InChI is InChI=1S/C15H24N2O2S/c16-20(19)8-2-4-15(11-20)3-1-7-17(15)13(18)12-9-14(10-12)5-6-14/h12,16H,1-11H2. The molecular formula is C15H24N2O2S. The minimum atomic E-state index is -2.46. The Hall–Kier alpha value is -0.580. The van der Waals surface area contributed by atoms with E-state index in [1.807, 2.05) is 0 Å². The highest BCUT2D eigenvalue weighted by Gasteiger charge is 2.57. The van der Waals surface area contributed by atoms with E-state index < -0.39 is 9.73 Å². The lowest BCUT2D eigenvalue weighted by atomic mass is 9.71. The molecule has 4 nitrogen and oxygen atoms in total. The molecule has 2 unspecified atom stereocenters. The van der Waals surface area contributed by atoms with Gasteiger partial charge in [-0.05, 0) is 56.8 Å². The number of nitrogens with zero attached hydrogens (tertiary/aromatic N) is 1. The number of nitrogens with one attached hydrogen (secondary N) is 1. The lowest BCUT2D eigenvalue weighted by molar-refractivity contribution is -0.144. The van der Waals surface area contributed by atoms with Crippen LogP contribution in [-0.4, -0.2) is 38.6 Å². The third-order valence-corrected chi connectivity index (χ3v) is 8.10. The van der Waals surface area contributed by atoms with Crippen LogP contribution in [-0.2, 0) is 14.5 Å². The molecule has 2 aliphatic carbocycles. The summed E-state index contributed by atoms with van der Waals surface area (Å²) in [6.07, 6.45) is 8.63. The van der Waals surface area contributed by atoms with Crippen LogP contribution in [0.2, 0.25) is 0 Å². The summed E-state index contributed by atoms with van der Waals surface area (Å²) in [6.45, 7) is 0.831. The first-order valence-corrected chi connectivity index (χ1v) is 9.89. The smallest absolute Gasteiger partial charge is 0.226 e. The number of carbonyl (C=O) groups is 1. The van der Waals surface area contributed by atoms with Crippen LogP contribution >= 0.6 is 0 Å². The second kappa shape index (κ2) is 3.99. The maximum atomic E-state index is 12.8. The Morgan fingerprint density at radius 1 is 1.15 bits per heavy atom. The lowest BCUT2D eigenvalue weighted by Crippen LogP contribution is -2.56. The molecule has 4 fully saturated rings. The molecule has 1 N–H and O–H groups in total. The van der Waals surface area contributed by atoms with Crippen molar-refractivity contribution in [3.63, 3.8) is 0 Å². The maximum Gasteiger partial charge on any atom is 0.226 e. The maximum absolute atomic E-state index is 12.8. The van der Waals surface area contributed by atoms with Crippen molar-refractivity contribution in [1.82, 2.24) is 4.90 Å². The van der Waals surface area contributed by atoms with Gasteiger partial charge < -0.3 is 4.90 Å². The van der Waals surface area contributed by atoms with Crippen molar-refractivity contribution in [3.05, 3.63) is 0 Å². The summed E-state index contributed by atoms with van der Waals surface area (Å²) in [5.41, 5.74) is 0.337. The van der Waals surface area contributed by atoms with Crippen LogP contribution in [0.5, 0.6) is 0 Å². The first-order valence-electron chi connectivity index (χ1n) is 8.00. The fourth-order valence-corrected chi connectivity index (χ4v) is 6.94. The molecule has 0 bridgehead atoms. The van der Waals surface area contributed by atoms with Crippen molar-refractivity contribution >= 4 is 15.6 Å². The third kappa shape index (κ3) is 1.92. The van der Waals surface area contributed by atoms with Gasteiger partial charge in [0.05, 0.1) is 11.3 Å². The SMILES string of the molecule is N=S1(=O)CCCC2(CCCN2C(=O)C2CC3(CC3)C2)C1. The van der Waals surface area contributed by atoms with Crippen LogP contribution in [0.1, 0.15) is 51.4 Å². The number of amides is 1. The van der Waals surface area contributed by atoms with Gasteiger partial charge in [0.25, 0.3) is 0 Å². The molecule has 2 spiro atoms. The van der Waals surface area contributed by atoms with Gasteiger partial charge in [0, 0.05) is 27.9 Å². The second-order valence-electron chi connectivity index (χ2n) is 7.69. The van der Waals surface area contributed by atoms with Crippen molar-refractivity contribution in [3.8, 4) is 0 Å². The molecule has 112 valence electrons. The molecular weight excluding hydrogens is 272 g/mol. The Kier molecular flexibility index (Phi) is 2.62. The van der Waals surface area contributed by atoms with Gasteiger partial charge in [0.1, 0.15) is 0 Å². The summed E-state index contributed by atoms with van der Waals surface area (Å²) in [7, 11) is -2.46. The highest BCUT2D eigenvalue weighted by molar-refractivity contribution is 7.92. The van der Waals surface area contributed by atoms with Gasteiger partial charge >= 0.3 is 0 Å². The summed E-state index contributed by atoms with van der Waals surface area (Å²) in [5, 5.41) is 0. The number of rotatable bonds is 1. The van der Waals surface area contributed by atoms with Crippen LogP contribution in [0.3, 0.4) is 0 Å². The van der Waals surface area contributed by atoms with Gasteiger partial charge in [-0.1, -0.05) is 0 Å². The second-order valence-corrected chi connectivity index (χ2v) is 10.0. The number of carbonyl (C=O) groups excluding carboxylic acids is 1. The molecule has 0 aromatic carbocycles. The van der Waals surface area contributed by atoms with Gasteiger partial charge in [-0.25, -0.2) is 4.21 Å². The summed E-state index contributed by atoms with van der Waals surface area (Å²) >= 11 is 0. The van der Waals surface area contributed by atoms with Gasteiger partial charge in [-0.2, -0.15) is 0 Å². The van der Waals surface area contributed by atoms with Crippen molar-refractivity contribution in [1.29, 1.82) is 4.78 Å². The molecule has 0 aromatic rings. The van der Waals surface area contributed by atoms with E-state index in [2.05, 4.69) is 4.90 Å². The van der Waals surface area contributed by atoms with Crippen molar-refractivity contribution in [2.75, 3.05) is 18.1 Å². The van der Waals surface area contributed by atoms with E-state index >= 15 is 0 Å². The molecule has 20 heavy (non-hydrogen) atoms. The summed E-state index contributed by atoms with van der Waals surface area (Å²) in [6, 6.07) is 0. The zero-order valence-electron chi connectivity index (χ0n) is 12.0. The average molecular weight is 296 g/mol. The van der Waals surface area contributed by atoms with Gasteiger partial charge in [-0.3, -0.25) is 9.57 Å². The van der Waals surface area contributed by atoms with Crippen molar-refractivity contribution in [2.24, 2.45) is 11.3 Å². The molecule has 2 saturated carbocycles. The van der Waals surface area contributed by atoms with Crippen LogP contribution in [0, 0.1) is 16.1 Å². The Labute approximate surface area is 121 Å². The topological polar surface area (TPSA) is 61.2 Å². The minimum Gasteiger partial charge on any atom is -0.336 e. The Balaban J connectivity index is 1.53. The number of hydrogen-bond acceptors (Lipinski definition) is 3. The quantitative estimate of drug-likeness (QED) is 0.807. The average Bonchev–Trinajstić information content (AvgIpc) is 3.03. The van der Waals surface area contributed by atoms with Crippen molar-refractivity contribution in [2.45, 2.75) is 56.9 Å². The first-order chi connectivity index (χ1) is 9.44. The van der Waals surface area contributed by atoms with Crippen LogP contribution in [0.15, 0.2) is 0 Å². The summed E-state index contributed by atoms with van der Waals surface area (Å²) in [4.78, 5) is 14.9. The molecule has 1 amide bonds. The van der Waals surface area contributed by atoms with E-state index in [1.54, 1.807) is 0 Å². The van der Waals surface area contributed by atoms with E-state index in [-0.39, 0.29) is 11.5 Å². The van der Waals surface area contributed by atoms with Crippen molar-refractivity contribution < 1.29 is 9.00 Å². The Morgan fingerprint density at radius 3 is 2.50 bits per heavy atom. The zero-order valence-corrected chi connectivity index (χ0v) is 12.8. The molecule has 4 rings (SSSR count). The molecule has 0 aromatic heterocycles. The molecule has 5 heteroatoms. The Bertz CT molecular complexity index is 544. The monoisotopic (exact) mass is 296 g/mol. The van der Waals surface area contributed by atoms with Gasteiger partial charge in [0.15, 0.2) is 0 Å². The fraction of sp³-hybridized carbons (Fsp3) is 0.933. The number of likely N-dealkylation sites (tertiary alicyclic amines) is 1. The van der Waals surface area contributed by atoms with E-state index in [0.717, 1.165) is 45.1 Å². The van der Waals surface area contributed by atoms with E-state index in [0.29, 0.717) is 22.8 Å². The zero-order chi connectivity index (χ0) is 14.0. The first kappa shape index (κ1) is 13.1. The largest absolute Gasteiger partial charge is 0.336 e. The molecule has 0 radical (unpaired) electrons. The Morgan fingerprint density at radius 2 is 1.85 bits per heavy atom. The van der Waals surface area contributed by atoms with Crippen LogP contribution in [0.25, 0.3) is 0 Å². The van der Waals surface area contributed by atoms with Gasteiger partial charge in [0.2, 0.25) is 5.91 Å². The predicted octanol–water partition coefficient (Wildman–Crippen LogP) is 2.38. The van der Waals surface area contributed by atoms with E-state index in [1.165, 1.54) is 12.8 Å². The molecule has 2 heterocycles. The third-order valence-electron chi connectivity index (χ3n) is 6.15. The van der Waals surface area contributed by atoms with Gasteiger partial charge in [-0.15, -0.1) is 0 Å². The van der Waals surface area contributed by atoms with E-state index in [4.69, 9.17) is 4.78 Å². The highest BCUT2D eigenvalue weighted by Crippen LogP contribution is 2.63. The highest BCUT2D eigenvalue weighted by atomic mass is 32.2. The summed E-state index contributed by atoms with van der Waals surface area (Å²) < 4.78 is 20.2. The van der Waals surface area contributed by atoms with E-state index in [9.17, 15) is 9.00 Å². The molecule has 2 aliphatic heterocycles. The predicted molar refractivity (Wildman–Crippen MR) is 77.9 cm³/mol. The molecule has 2 atom stereocenters. The normalized spacial score (nSPS) is 42.9. The van der Waals surface area contributed by atoms with Crippen LogP contribution < -0.4 is 0 Å². The molecule has 4 aliphatic rings. The number of hydrogen-bond donors (Lipinski definition) is 1. The molecule has 2 saturated heterocycles. The fourth-order valence-electron chi connectivity index (χ4n) is 4.87. The minimum absolute atomic E-state index is 0.222.